The Morgan fingerprint density at radius 1 is 0.927 bits per heavy atom. The molecule has 1 aromatic heterocycles. The topological polar surface area (TPSA) is 86.7 Å². The number of piperazine rings is 1. The van der Waals surface area contributed by atoms with Gasteiger partial charge in [-0.3, -0.25) is 19.3 Å². The van der Waals surface area contributed by atoms with Gasteiger partial charge in [0.2, 0.25) is 0 Å². The van der Waals surface area contributed by atoms with Gasteiger partial charge >= 0.3 is 0 Å². The minimum atomic E-state index is -0.653. The number of nitrogens with one attached hydrogen (secondary N) is 2. The van der Waals surface area contributed by atoms with E-state index in [0.717, 1.165) is 39.0 Å². The van der Waals surface area contributed by atoms with Gasteiger partial charge in [0.1, 0.15) is 5.82 Å². The average Bonchev–Trinajstić information content (AvgIpc) is 3.65. The van der Waals surface area contributed by atoms with Gasteiger partial charge in [0.25, 0.3) is 17.6 Å². The van der Waals surface area contributed by atoms with Crippen molar-refractivity contribution in [3.05, 3.63) is 81.9 Å². The van der Waals surface area contributed by atoms with Crippen molar-refractivity contribution < 1.29 is 18.8 Å². The lowest BCUT2D eigenvalue weighted by molar-refractivity contribution is -0.118. The minimum absolute atomic E-state index is 0.197. The first-order valence-electron chi connectivity index (χ1n) is 14.1. The van der Waals surface area contributed by atoms with E-state index in [1.54, 1.807) is 38.5 Å². The molecule has 0 radical (unpaired) electrons. The summed E-state index contributed by atoms with van der Waals surface area (Å²) in [7, 11) is 1.68. The maximum absolute atomic E-state index is 13.7. The van der Waals surface area contributed by atoms with E-state index in [0.29, 0.717) is 34.6 Å². The van der Waals surface area contributed by atoms with Gasteiger partial charge in [0.15, 0.2) is 0 Å². The molecular formula is C32H38FN5O3. The Labute approximate surface area is 240 Å². The maximum atomic E-state index is 13.7. The van der Waals surface area contributed by atoms with Crippen molar-refractivity contribution in [3.8, 4) is 0 Å². The summed E-state index contributed by atoms with van der Waals surface area (Å²) in [6.07, 6.45) is 1.67. The lowest BCUT2D eigenvalue weighted by Gasteiger charge is -2.38. The smallest absolute Gasteiger partial charge is 0.294 e. The summed E-state index contributed by atoms with van der Waals surface area (Å²) in [5.41, 5.74) is 4.49. The first kappa shape index (κ1) is 28.5. The molecule has 8 nitrogen and oxygen atoms in total. The van der Waals surface area contributed by atoms with E-state index in [9.17, 15) is 18.8 Å². The molecule has 3 aromatic rings. The van der Waals surface area contributed by atoms with Crippen molar-refractivity contribution in [3.63, 3.8) is 0 Å². The van der Waals surface area contributed by atoms with Crippen LogP contribution in [0.2, 0.25) is 0 Å². The molecule has 0 atom stereocenters. The molecule has 0 spiro atoms. The van der Waals surface area contributed by atoms with E-state index in [-0.39, 0.29) is 11.5 Å². The Balaban J connectivity index is 1.22. The number of amides is 2. The zero-order valence-electron chi connectivity index (χ0n) is 24.4. The molecule has 2 amide bonds. The van der Waals surface area contributed by atoms with Crippen LogP contribution in [0.4, 0.5) is 15.8 Å². The van der Waals surface area contributed by atoms with Crippen LogP contribution in [0.1, 0.15) is 56.1 Å². The summed E-state index contributed by atoms with van der Waals surface area (Å²) >= 11 is 0. The van der Waals surface area contributed by atoms with Crippen LogP contribution in [0.5, 0.6) is 0 Å². The van der Waals surface area contributed by atoms with Crippen LogP contribution in [0, 0.1) is 33.5 Å². The number of rotatable bonds is 8. The highest BCUT2D eigenvalue weighted by molar-refractivity contribution is 6.43. The van der Waals surface area contributed by atoms with Crippen molar-refractivity contribution >= 4 is 29.0 Å². The second-order valence-corrected chi connectivity index (χ2v) is 11.6. The molecular weight excluding hydrogens is 521 g/mol. The molecule has 2 fully saturated rings. The van der Waals surface area contributed by atoms with Gasteiger partial charge in [-0.1, -0.05) is 17.7 Å². The molecule has 2 aliphatic rings. The van der Waals surface area contributed by atoms with Gasteiger partial charge in [0, 0.05) is 56.8 Å². The third-order valence-corrected chi connectivity index (χ3v) is 8.52. The zero-order valence-corrected chi connectivity index (χ0v) is 24.4. The van der Waals surface area contributed by atoms with Gasteiger partial charge in [0.05, 0.1) is 16.8 Å². The SMILES string of the molecule is Cc1ccc(N2CCN(CC3(NC(=O)C(=O)c4c(C)c(C(=O)Nc5ccc(F)c(C)c5)c(C)n4C)CC3)CC2)cc1. The van der Waals surface area contributed by atoms with Crippen LogP contribution in [-0.2, 0) is 11.8 Å². The molecule has 2 heterocycles. The molecule has 0 unspecified atom stereocenters. The molecule has 2 N–H and O–H groups in total. The summed E-state index contributed by atoms with van der Waals surface area (Å²) in [5.74, 6) is -2.07. The molecule has 216 valence electrons. The first-order valence-corrected chi connectivity index (χ1v) is 14.1. The molecule has 5 rings (SSSR count). The Bertz CT molecular complexity index is 1500. The summed E-state index contributed by atoms with van der Waals surface area (Å²) < 4.78 is 15.3. The fourth-order valence-corrected chi connectivity index (χ4v) is 5.78. The lowest BCUT2D eigenvalue weighted by atomic mass is 10.1. The van der Waals surface area contributed by atoms with Crippen LogP contribution in [-0.4, -0.2) is 65.3 Å². The van der Waals surface area contributed by atoms with E-state index >= 15 is 0 Å². The predicted octanol–water partition coefficient (Wildman–Crippen LogP) is 4.30. The van der Waals surface area contributed by atoms with Crippen molar-refractivity contribution in [1.82, 2.24) is 14.8 Å². The van der Waals surface area contributed by atoms with Crippen molar-refractivity contribution in [2.24, 2.45) is 7.05 Å². The Morgan fingerprint density at radius 2 is 1.59 bits per heavy atom. The number of ketones is 1. The fourth-order valence-electron chi connectivity index (χ4n) is 5.78. The van der Waals surface area contributed by atoms with Gasteiger partial charge < -0.3 is 20.1 Å². The lowest BCUT2D eigenvalue weighted by Crippen LogP contribution is -2.53. The van der Waals surface area contributed by atoms with Gasteiger partial charge in [-0.25, -0.2) is 4.39 Å². The van der Waals surface area contributed by atoms with E-state index in [2.05, 4.69) is 51.6 Å². The molecule has 0 bridgehead atoms. The number of anilines is 2. The van der Waals surface area contributed by atoms with Crippen molar-refractivity contribution in [2.75, 3.05) is 42.9 Å². The standard InChI is InChI=1S/C32H38FN5O3/c1-20-6-9-25(10-7-20)38-16-14-37(15-17-38)19-32(12-13-32)35-31(41)29(39)28-22(3)27(23(4)36(28)5)30(40)34-24-8-11-26(33)21(2)18-24/h6-11,18H,12-17,19H2,1-5H3,(H,34,40)(H,35,41). The Morgan fingerprint density at radius 3 is 2.20 bits per heavy atom. The number of hydrogen-bond acceptors (Lipinski definition) is 5. The molecule has 41 heavy (non-hydrogen) atoms. The maximum Gasteiger partial charge on any atom is 0.294 e. The molecule has 2 aromatic carbocycles. The van der Waals surface area contributed by atoms with Gasteiger partial charge in [-0.2, -0.15) is 0 Å². The minimum Gasteiger partial charge on any atom is -0.369 e. The normalized spacial score (nSPS) is 16.4. The summed E-state index contributed by atoms with van der Waals surface area (Å²) in [5, 5.41) is 5.82. The van der Waals surface area contributed by atoms with Crippen LogP contribution in [0.15, 0.2) is 42.5 Å². The number of benzene rings is 2. The second kappa shape index (κ2) is 11.1. The first-order chi connectivity index (χ1) is 19.5. The number of hydrogen-bond donors (Lipinski definition) is 2. The number of carbonyl (C=O) groups excluding carboxylic acids is 3. The molecule has 9 heteroatoms. The van der Waals surface area contributed by atoms with Crippen LogP contribution in [0.3, 0.4) is 0 Å². The van der Waals surface area contributed by atoms with E-state index in [1.165, 1.54) is 23.4 Å². The fraction of sp³-hybridized carbons (Fsp3) is 0.406. The summed E-state index contributed by atoms with van der Waals surface area (Å²) in [6.45, 7) is 11.4. The van der Waals surface area contributed by atoms with Crippen LogP contribution in [0.25, 0.3) is 0 Å². The van der Waals surface area contributed by atoms with E-state index in [1.807, 2.05) is 0 Å². The number of aryl methyl sites for hydroxylation is 2. The Hall–Kier alpha value is -3.98. The third kappa shape index (κ3) is 5.91. The van der Waals surface area contributed by atoms with E-state index in [4.69, 9.17) is 0 Å². The van der Waals surface area contributed by atoms with Gasteiger partial charge in [-0.05, 0) is 82.0 Å². The summed E-state index contributed by atoms with van der Waals surface area (Å²) in [6, 6.07) is 12.9. The van der Waals surface area contributed by atoms with Crippen LogP contribution >= 0.6 is 0 Å². The van der Waals surface area contributed by atoms with Crippen LogP contribution < -0.4 is 15.5 Å². The quantitative estimate of drug-likeness (QED) is 0.318. The summed E-state index contributed by atoms with van der Waals surface area (Å²) in [4.78, 5) is 44.5. The third-order valence-electron chi connectivity index (χ3n) is 8.52. The van der Waals surface area contributed by atoms with E-state index < -0.39 is 23.1 Å². The Kier molecular flexibility index (Phi) is 7.74. The molecule has 1 saturated heterocycles. The molecule has 1 saturated carbocycles. The zero-order chi connectivity index (χ0) is 29.5. The van der Waals surface area contributed by atoms with Crippen molar-refractivity contribution in [1.29, 1.82) is 0 Å². The highest BCUT2D eigenvalue weighted by atomic mass is 19.1. The highest BCUT2D eigenvalue weighted by Gasteiger charge is 2.47. The number of halogens is 1. The number of nitrogens with zero attached hydrogens (tertiary/aromatic N) is 3. The number of carbonyl (C=O) groups is 3. The number of Topliss-reactive ketones (excluding diaryl/α,β-unsaturated/α-hetero) is 1. The van der Waals surface area contributed by atoms with Gasteiger partial charge in [-0.15, -0.1) is 0 Å². The second-order valence-electron chi connectivity index (χ2n) is 11.6. The highest BCUT2D eigenvalue weighted by Crippen LogP contribution is 2.37. The number of aromatic nitrogens is 1. The molecule has 1 aliphatic carbocycles. The van der Waals surface area contributed by atoms with Crippen molar-refractivity contribution in [2.45, 2.75) is 46.1 Å². The predicted molar refractivity (Wildman–Crippen MR) is 158 cm³/mol. The largest absolute Gasteiger partial charge is 0.369 e. The average molecular weight is 560 g/mol. The molecule has 1 aliphatic heterocycles. The monoisotopic (exact) mass is 559 g/mol.